The zero-order valence-electron chi connectivity index (χ0n) is 20.5. The first-order chi connectivity index (χ1) is 18.7. The van der Waals surface area contributed by atoms with E-state index in [0.717, 1.165) is 17.1 Å². The van der Waals surface area contributed by atoms with Crippen LogP contribution in [0.25, 0.3) is 11.3 Å². The maximum absolute atomic E-state index is 12.5. The van der Waals surface area contributed by atoms with Gasteiger partial charge in [-0.2, -0.15) is 0 Å². The van der Waals surface area contributed by atoms with Crippen molar-refractivity contribution in [3.05, 3.63) is 87.4 Å². The highest BCUT2D eigenvalue weighted by Gasteiger charge is 2.31. The van der Waals surface area contributed by atoms with E-state index in [1.807, 2.05) is 29.0 Å². The van der Waals surface area contributed by atoms with Gasteiger partial charge in [-0.05, 0) is 59.8 Å². The molecule has 39 heavy (non-hydrogen) atoms. The van der Waals surface area contributed by atoms with E-state index in [9.17, 15) is 22.8 Å². The molecule has 0 bridgehead atoms. The maximum Gasteiger partial charge on any atom is 0.573 e. The van der Waals surface area contributed by atoms with Crippen molar-refractivity contribution in [1.29, 1.82) is 0 Å². The number of hydrogen-bond acceptors (Lipinski definition) is 7. The molecular weight excluding hydrogens is 551 g/mol. The summed E-state index contributed by atoms with van der Waals surface area (Å²) < 4.78 is 41.4. The molecule has 0 unspecified atom stereocenters. The number of nitrogens with zero attached hydrogens (tertiary/aromatic N) is 2. The van der Waals surface area contributed by atoms with Gasteiger partial charge in [0.25, 0.3) is 5.91 Å². The summed E-state index contributed by atoms with van der Waals surface area (Å²) in [6.07, 6.45) is -4.09. The Balaban J connectivity index is 1.47. The lowest BCUT2D eigenvalue weighted by atomic mass is 10.1. The van der Waals surface area contributed by atoms with Gasteiger partial charge in [0.1, 0.15) is 5.75 Å². The van der Waals surface area contributed by atoms with Crippen LogP contribution >= 0.6 is 22.7 Å². The molecule has 0 saturated heterocycles. The van der Waals surface area contributed by atoms with Crippen molar-refractivity contribution in [2.75, 3.05) is 18.0 Å². The van der Waals surface area contributed by atoms with Gasteiger partial charge >= 0.3 is 12.3 Å². The topological polar surface area (TPSA) is 91.8 Å². The monoisotopic (exact) mass is 575 g/mol. The Morgan fingerprint density at radius 3 is 2.41 bits per heavy atom. The average molecular weight is 576 g/mol. The molecule has 0 aliphatic carbocycles. The summed E-state index contributed by atoms with van der Waals surface area (Å²) in [5.74, 6) is -1.61. The second-order valence-electron chi connectivity index (χ2n) is 8.43. The zero-order valence-corrected chi connectivity index (χ0v) is 22.1. The molecule has 0 aliphatic heterocycles. The van der Waals surface area contributed by atoms with Crippen molar-refractivity contribution in [2.45, 2.75) is 25.7 Å². The number of rotatable bonds is 12. The minimum absolute atomic E-state index is 0.0525. The number of nitrogens with one attached hydrogen (secondary N) is 1. The predicted octanol–water partition coefficient (Wildman–Crippen LogP) is 6.22. The molecule has 4 rings (SSSR count). The van der Waals surface area contributed by atoms with E-state index in [2.05, 4.69) is 21.0 Å². The number of hydrogen-bond donors (Lipinski definition) is 2. The van der Waals surface area contributed by atoms with Gasteiger partial charge in [-0.3, -0.25) is 9.59 Å². The number of anilines is 1. The summed E-state index contributed by atoms with van der Waals surface area (Å²) in [5, 5.41) is 15.9. The molecule has 0 saturated carbocycles. The third-order valence-corrected chi connectivity index (χ3v) is 7.41. The molecule has 0 aliphatic rings. The van der Waals surface area contributed by atoms with Gasteiger partial charge < -0.3 is 20.1 Å². The van der Waals surface area contributed by atoms with Crippen LogP contribution in [0.1, 0.15) is 27.2 Å². The Morgan fingerprint density at radius 2 is 1.77 bits per heavy atom. The molecule has 1 amide bonds. The molecule has 2 aromatic heterocycles. The zero-order chi connectivity index (χ0) is 27.8. The van der Waals surface area contributed by atoms with Crippen molar-refractivity contribution in [3.63, 3.8) is 0 Å². The van der Waals surface area contributed by atoms with E-state index in [4.69, 9.17) is 10.1 Å². The van der Waals surface area contributed by atoms with E-state index in [0.29, 0.717) is 29.9 Å². The molecule has 2 N–H and O–H groups in total. The van der Waals surface area contributed by atoms with E-state index in [-0.39, 0.29) is 24.6 Å². The maximum atomic E-state index is 12.5. The van der Waals surface area contributed by atoms with Gasteiger partial charge in [0, 0.05) is 41.0 Å². The number of aliphatic carboxylic acids is 1. The van der Waals surface area contributed by atoms with Gasteiger partial charge in [0.05, 0.1) is 12.1 Å². The van der Waals surface area contributed by atoms with E-state index >= 15 is 0 Å². The lowest BCUT2D eigenvalue weighted by molar-refractivity contribution is -0.274. The molecule has 0 fully saturated rings. The molecule has 0 spiro atoms. The fourth-order valence-corrected chi connectivity index (χ4v) is 5.24. The van der Waals surface area contributed by atoms with Crippen LogP contribution in [0, 0.1) is 0 Å². The second kappa shape index (κ2) is 12.8. The number of benzene rings is 2. The Labute approximate surface area is 230 Å². The Morgan fingerprint density at radius 1 is 1.03 bits per heavy atom. The number of alkyl halides is 3. The van der Waals surface area contributed by atoms with Gasteiger partial charge in [-0.25, -0.2) is 4.98 Å². The van der Waals surface area contributed by atoms with Crippen LogP contribution in [0.2, 0.25) is 0 Å². The smallest absolute Gasteiger partial charge is 0.481 e. The molecule has 12 heteroatoms. The third-order valence-electron chi connectivity index (χ3n) is 5.57. The number of thiazole rings is 1. The number of amides is 1. The summed E-state index contributed by atoms with van der Waals surface area (Å²) in [5.41, 5.74) is 2.70. The Kier molecular flexibility index (Phi) is 9.20. The summed E-state index contributed by atoms with van der Waals surface area (Å²) in [6.45, 7) is 1.26. The number of ether oxygens (including phenoxy) is 1. The molecule has 7 nitrogen and oxygen atoms in total. The second-order valence-corrected chi connectivity index (χ2v) is 10.3. The van der Waals surface area contributed by atoms with Crippen LogP contribution < -0.4 is 15.0 Å². The summed E-state index contributed by atoms with van der Waals surface area (Å²) in [4.78, 5) is 31.0. The van der Waals surface area contributed by atoms with Crippen LogP contribution in [-0.2, 0) is 17.8 Å². The molecule has 2 aromatic carbocycles. The minimum atomic E-state index is -4.75. The summed E-state index contributed by atoms with van der Waals surface area (Å²) in [6, 6.07) is 16.7. The number of thiophene rings is 1. The lowest BCUT2D eigenvalue weighted by Gasteiger charge is -2.22. The first kappa shape index (κ1) is 28.1. The van der Waals surface area contributed by atoms with Gasteiger partial charge in [-0.1, -0.05) is 18.2 Å². The van der Waals surface area contributed by atoms with E-state index in [1.165, 1.54) is 40.5 Å². The van der Waals surface area contributed by atoms with Crippen molar-refractivity contribution in [2.24, 2.45) is 0 Å². The molecule has 0 radical (unpaired) electrons. The SMILES string of the molecule is O=C(O)CCNC(=O)c1ccc(CN(CCc2cccs2)c2nc(-c3ccc(OC(F)(F)F)cc3)cs2)cc1. The van der Waals surface area contributed by atoms with Crippen LogP contribution in [-0.4, -0.2) is 41.4 Å². The quantitative estimate of drug-likeness (QED) is 0.208. The fourth-order valence-electron chi connectivity index (χ4n) is 3.68. The van der Waals surface area contributed by atoms with Crippen molar-refractivity contribution in [1.82, 2.24) is 10.3 Å². The summed E-state index contributed by atoms with van der Waals surface area (Å²) in [7, 11) is 0. The molecule has 4 aromatic rings. The van der Waals surface area contributed by atoms with Gasteiger partial charge in [-0.15, -0.1) is 35.8 Å². The van der Waals surface area contributed by atoms with Crippen molar-refractivity contribution < 1.29 is 32.6 Å². The standard InChI is InChI=1S/C27H24F3N3O4S2/c28-27(29,30)37-21-9-7-19(8-10-21)23-17-39-26(32-23)33(14-12-22-2-1-15-38-22)16-18-3-5-20(6-4-18)25(36)31-13-11-24(34)35/h1-10,15,17H,11-14,16H2,(H,31,36)(H,34,35). The normalized spacial score (nSPS) is 11.3. The molecule has 2 heterocycles. The highest BCUT2D eigenvalue weighted by atomic mass is 32.1. The first-order valence-electron chi connectivity index (χ1n) is 11.8. The van der Waals surface area contributed by atoms with Crippen LogP contribution in [0.4, 0.5) is 18.3 Å². The lowest BCUT2D eigenvalue weighted by Crippen LogP contribution is -2.26. The Hall–Kier alpha value is -3.90. The third kappa shape index (κ3) is 8.55. The number of carbonyl (C=O) groups excluding carboxylic acids is 1. The van der Waals surface area contributed by atoms with Crippen LogP contribution in [0.15, 0.2) is 71.4 Å². The molecule has 0 atom stereocenters. The average Bonchev–Trinajstić information content (AvgIpc) is 3.59. The number of aromatic nitrogens is 1. The minimum Gasteiger partial charge on any atom is -0.481 e. The molecular formula is C27H24F3N3O4S2. The Bertz CT molecular complexity index is 1370. The van der Waals surface area contributed by atoms with E-state index in [1.54, 1.807) is 23.5 Å². The van der Waals surface area contributed by atoms with Crippen molar-refractivity contribution >= 4 is 39.7 Å². The number of halogens is 3. The highest BCUT2D eigenvalue weighted by molar-refractivity contribution is 7.14. The first-order valence-corrected chi connectivity index (χ1v) is 13.6. The van der Waals surface area contributed by atoms with Gasteiger partial charge in [0.15, 0.2) is 5.13 Å². The predicted molar refractivity (Wildman–Crippen MR) is 144 cm³/mol. The number of carboxylic acids is 1. The highest BCUT2D eigenvalue weighted by Crippen LogP contribution is 2.31. The number of carbonyl (C=O) groups is 2. The fraction of sp³-hybridized carbons (Fsp3) is 0.222. The van der Waals surface area contributed by atoms with Crippen molar-refractivity contribution in [3.8, 4) is 17.0 Å². The summed E-state index contributed by atoms with van der Waals surface area (Å²) >= 11 is 3.11. The van der Waals surface area contributed by atoms with Crippen LogP contribution in [0.5, 0.6) is 5.75 Å². The van der Waals surface area contributed by atoms with Gasteiger partial charge in [0.2, 0.25) is 0 Å². The molecule has 204 valence electrons. The largest absolute Gasteiger partial charge is 0.573 e. The van der Waals surface area contributed by atoms with E-state index < -0.39 is 12.3 Å². The number of carboxylic acid groups (broad SMARTS) is 1. The van der Waals surface area contributed by atoms with Crippen LogP contribution in [0.3, 0.4) is 0 Å².